The van der Waals surface area contributed by atoms with Gasteiger partial charge in [-0.15, -0.1) is 0 Å². The molecule has 0 aromatic carbocycles. The molecule has 0 spiro atoms. The fraction of sp³-hybridized carbons (Fsp3) is 1.00. The zero-order valence-corrected chi connectivity index (χ0v) is 12.8. The van der Waals surface area contributed by atoms with E-state index in [1.165, 1.54) is 51.9 Å². The Labute approximate surface area is 114 Å². The second-order valence-corrected chi connectivity index (χ2v) is 7.51. The van der Waals surface area contributed by atoms with Crippen LogP contribution in [0.5, 0.6) is 0 Å². The van der Waals surface area contributed by atoms with Crippen LogP contribution < -0.4 is 5.32 Å². The first kappa shape index (κ1) is 14.3. The Morgan fingerprint density at radius 1 is 1.22 bits per heavy atom. The van der Waals surface area contributed by atoms with E-state index >= 15 is 0 Å². The van der Waals surface area contributed by atoms with E-state index in [0.717, 1.165) is 17.9 Å². The fourth-order valence-corrected chi connectivity index (χ4v) is 3.19. The van der Waals surface area contributed by atoms with Crippen molar-refractivity contribution >= 4 is 0 Å². The van der Waals surface area contributed by atoms with Gasteiger partial charge in [-0.05, 0) is 56.0 Å². The summed E-state index contributed by atoms with van der Waals surface area (Å²) in [6.45, 7) is 14.6. The highest BCUT2D eigenvalue weighted by atomic mass is 15.2. The Kier molecular flexibility index (Phi) is 4.71. The lowest BCUT2D eigenvalue weighted by Crippen LogP contribution is -2.42. The Balaban J connectivity index is 1.78. The minimum Gasteiger partial charge on any atom is -0.312 e. The van der Waals surface area contributed by atoms with Gasteiger partial charge in [-0.1, -0.05) is 27.7 Å². The van der Waals surface area contributed by atoms with Crippen LogP contribution in [0, 0.1) is 17.3 Å². The second kappa shape index (κ2) is 5.92. The Morgan fingerprint density at radius 2 is 1.94 bits per heavy atom. The van der Waals surface area contributed by atoms with Gasteiger partial charge in [-0.25, -0.2) is 0 Å². The predicted octanol–water partition coefficient (Wildman–Crippen LogP) is 3.13. The molecule has 2 fully saturated rings. The van der Waals surface area contributed by atoms with Crippen LogP contribution >= 0.6 is 0 Å². The first-order chi connectivity index (χ1) is 8.50. The molecule has 1 saturated carbocycles. The molecule has 2 unspecified atom stereocenters. The number of rotatable bonds is 6. The van der Waals surface area contributed by atoms with E-state index < -0.39 is 0 Å². The van der Waals surface area contributed by atoms with E-state index in [1.807, 2.05) is 0 Å². The summed E-state index contributed by atoms with van der Waals surface area (Å²) in [5.41, 5.74) is 0.487. The largest absolute Gasteiger partial charge is 0.312 e. The third kappa shape index (κ3) is 3.96. The van der Waals surface area contributed by atoms with Crippen molar-refractivity contribution in [2.75, 3.05) is 26.2 Å². The number of nitrogens with one attached hydrogen (secondary N) is 1. The molecule has 0 aromatic rings. The van der Waals surface area contributed by atoms with Gasteiger partial charge in [0.2, 0.25) is 0 Å². The average Bonchev–Trinajstić information content (AvgIpc) is 3.02. The number of nitrogens with zero attached hydrogens (tertiary/aromatic N) is 1. The first-order valence-corrected chi connectivity index (χ1v) is 7.96. The molecule has 2 rings (SSSR count). The molecule has 1 aliphatic heterocycles. The van der Waals surface area contributed by atoms with Gasteiger partial charge >= 0.3 is 0 Å². The molecule has 1 aliphatic carbocycles. The third-order valence-electron chi connectivity index (χ3n) is 4.80. The van der Waals surface area contributed by atoms with Crippen molar-refractivity contribution in [1.29, 1.82) is 0 Å². The van der Waals surface area contributed by atoms with Gasteiger partial charge in [0.25, 0.3) is 0 Å². The zero-order valence-electron chi connectivity index (χ0n) is 12.8. The summed E-state index contributed by atoms with van der Waals surface area (Å²) in [6.07, 6.45) is 5.57. The molecule has 2 heteroatoms. The van der Waals surface area contributed by atoms with Crippen molar-refractivity contribution in [3.05, 3.63) is 0 Å². The smallest absolute Gasteiger partial charge is 0.0223 e. The normalized spacial score (nSPS) is 27.7. The van der Waals surface area contributed by atoms with Gasteiger partial charge in [0.05, 0.1) is 0 Å². The Morgan fingerprint density at radius 3 is 2.44 bits per heavy atom. The summed E-state index contributed by atoms with van der Waals surface area (Å²) in [5.74, 6) is 1.87. The Bertz CT molecular complexity index is 252. The molecule has 0 bridgehead atoms. The molecule has 2 nitrogen and oxygen atoms in total. The molecule has 0 amide bonds. The Hall–Kier alpha value is -0.0800. The topological polar surface area (TPSA) is 15.3 Å². The summed E-state index contributed by atoms with van der Waals surface area (Å²) in [7, 11) is 0. The van der Waals surface area contributed by atoms with Crippen LogP contribution in [-0.4, -0.2) is 37.1 Å². The lowest BCUT2D eigenvalue weighted by atomic mass is 9.80. The molecular formula is C16H32N2. The maximum atomic E-state index is 3.77. The van der Waals surface area contributed by atoms with Crippen LogP contribution in [-0.2, 0) is 0 Å². The molecule has 1 heterocycles. The molecule has 2 atom stereocenters. The molecule has 18 heavy (non-hydrogen) atoms. The lowest BCUT2D eigenvalue weighted by molar-refractivity contribution is 0.214. The molecule has 0 aromatic heterocycles. The summed E-state index contributed by atoms with van der Waals surface area (Å²) < 4.78 is 0. The van der Waals surface area contributed by atoms with E-state index in [4.69, 9.17) is 0 Å². The summed E-state index contributed by atoms with van der Waals surface area (Å²) in [4.78, 5) is 2.71. The van der Waals surface area contributed by atoms with Gasteiger partial charge in [-0.2, -0.15) is 0 Å². The SMILES string of the molecule is CCCNC(CN1CCC(C(C)(C)C)C1)C1CC1. The van der Waals surface area contributed by atoms with Crippen molar-refractivity contribution in [1.82, 2.24) is 10.2 Å². The van der Waals surface area contributed by atoms with E-state index in [-0.39, 0.29) is 0 Å². The number of hydrogen-bond acceptors (Lipinski definition) is 2. The average molecular weight is 252 g/mol. The van der Waals surface area contributed by atoms with Crippen molar-refractivity contribution in [2.24, 2.45) is 17.3 Å². The second-order valence-electron chi connectivity index (χ2n) is 7.51. The zero-order chi connectivity index (χ0) is 13.2. The molecular weight excluding hydrogens is 220 g/mol. The van der Waals surface area contributed by atoms with E-state index in [0.29, 0.717) is 5.41 Å². The van der Waals surface area contributed by atoms with Crippen LogP contribution in [0.25, 0.3) is 0 Å². The van der Waals surface area contributed by atoms with Crippen LogP contribution in [0.1, 0.15) is 53.4 Å². The standard InChI is InChI=1S/C16H32N2/c1-5-9-17-15(13-6-7-13)12-18-10-8-14(11-18)16(2,3)4/h13-15,17H,5-12H2,1-4H3. The van der Waals surface area contributed by atoms with Crippen LogP contribution in [0.15, 0.2) is 0 Å². The molecule has 1 saturated heterocycles. The van der Waals surface area contributed by atoms with Crippen molar-refractivity contribution in [3.63, 3.8) is 0 Å². The number of hydrogen-bond donors (Lipinski definition) is 1. The van der Waals surface area contributed by atoms with Gasteiger partial charge < -0.3 is 10.2 Å². The highest BCUT2D eigenvalue weighted by Crippen LogP contribution is 2.36. The van der Waals surface area contributed by atoms with Gasteiger partial charge in [0.1, 0.15) is 0 Å². The van der Waals surface area contributed by atoms with E-state index in [2.05, 4.69) is 37.9 Å². The van der Waals surface area contributed by atoms with E-state index in [1.54, 1.807) is 0 Å². The molecule has 106 valence electrons. The van der Waals surface area contributed by atoms with Crippen LogP contribution in [0.2, 0.25) is 0 Å². The quantitative estimate of drug-likeness (QED) is 0.781. The fourth-order valence-electron chi connectivity index (χ4n) is 3.19. The summed E-state index contributed by atoms with van der Waals surface area (Å²) in [6, 6.07) is 0.767. The van der Waals surface area contributed by atoms with E-state index in [9.17, 15) is 0 Å². The third-order valence-corrected chi connectivity index (χ3v) is 4.80. The molecule has 2 aliphatic rings. The number of likely N-dealkylation sites (tertiary alicyclic amines) is 1. The monoisotopic (exact) mass is 252 g/mol. The highest BCUT2D eigenvalue weighted by Gasteiger charge is 2.36. The summed E-state index contributed by atoms with van der Waals surface area (Å²) in [5, 5.41) is 3.77. The predicted molar refractivity (Wildman–Crippen MR) is 78.8 cm³/mol. The minimum absolute atomic E-state index is 0.487. The summed E-state index contributed by atoms with van der Waals surface area (Å²) >= 11 is 0. The van der Waals surface area contributed by atoms with Gasteiger partial charge in [0, 0.05) is 19.1 Å². The maximum absolute atomic E-state index is 3.77. The minimum atomic E-state index is 0.487. The maximum Gasteiger partial charge on any atom is 0.0223 e. The molecule has 1 N–H and O–H groups in total. The molecule has 0 radical (unpaired) electrons. The van der Waals surface area contributed by atoms with Crippen LogP contribution in [0.3, 0.4) is 0 Å². The van der Waals surface area contributed by atoms with Gasteiger partial charge in [-0.3, -0.25) is 0 Å². The highest BCUT2D eigenvalue weighted by molar-refractivity contribution is 4.91. The van der Waals surface area contributed by atoms with Crippen molar-refractivity contribution < 1.29 is 0 Å². The van der Waals surface area contributed by atoms with Crippen molar-refractivity contribution in [2.45, 2.75) is 59.4 Å². The lowest BCUT2D eigenvalue weighted by Gasteiger charge is -2.29. The first-order valence-electron chi connectivity index (χ1n) is 7.96. The van der Waals surface area contributed by atoms with Crippen LogP contribution in [0.4, 0.5) is 0 Å². The van der Waals surface area contributed by atoms with Crippen molar-refractivity contribution in [3.8, 4) is 0 Å². The van der Waals surface area contributed by atoms with Gasteiger partial charge in [0.15, 0.2) is 0 Å².